The molecule has 8 bridgehead atoms. The first-order valence-corrected chi connectivity index (χ1v) is 25.4. The third-order valence-corrected chi connectivity index (χ3v) is 19.3. The van der Waals surface area contributed by atoms with Crippen LogP contribution in [-0.4, -0.2) is 75.1 Å². The molecular formula is C40H48N4O12P4. The number of hydrogen-bond donors (Lipinski definition) is 0. The molecule has 4 heterocycles. The van der Waals surface area contributed by atoms with Crippen LogP contribution in [0.3, 0.4) is 0 Å². The van der Waals surface area contributed by atoms with E-state index < -0.39 is 54.7 Å². The van der Waals surface area contributed by atoms with Crippen molar-refractivity contribution >= 4 is 31.0 Å². The predicted molar refractivity (Wildman–Crippen MR) is 226 cm³/mol. The van der Waals surface area contributed by atoms with Crippen LogP contribution in [0.4, 0.5) is 0 Å². The highest BCUT2D eigenvalue weighted by molar-refractivity contribution is 7.53. The smallest absolute Gasteiger partial charge is 0.404 e. The monoisotopic (exact) mass is 900 g/mol. The highest BCUT2D eigenvalue weighted by Gasteiger charge is 2.46. The summed E-state index contributed by atoms with van der Waals surface area (Å²) in [5.74, 6) is -0.222. The molecule has 16 nitrogen and oxygen atoms in total. The van der Waals surface area contributed by atoms with E-state index in [1.54, 1.807) is 80.6 Å². The third kappa shape index (κ3) is 6.24. The minimum absolute atomic E-state index is 0.201. The van der Waals surface area contributed by atoms with E-state index in [9.17, 15) is 18.3 Å². The Bertz CT molecular complexity index is 2220. The topological polar surface area (TPSA) is 155 Å². The van der Waals surface area contributed by atoms with E-state index in [1.165, 1.54) is 18.7 Å². The van der Waals surface area contributed by atoms with Gasteiger partial charge < -0.3 is 36.2 Å². The molecule has 1 aliphatic carbocycles. The predicted octanol–water partition coefficient (Wildman–Crippen LogP) is 10.4. The van der Waals surface area contributed by atoms with E-state index in [1.807, 2.05) is 52.0 Å². The Morgan fingerprint density at radius 2 is 0.433 bits per heavy atom. The van der Waals surface area contributed by atoms with Crippen LogP contribution in [0.1, 0.15) is 95.9 Å². The van der Waals surface area contributed by atoms with Crippen molar-refractivity contribution in [3.8, 4) is 46.0 Å². The number of benzene rings is 4. The highest BCUT2D eigenvalue weighted by atomic mass is 31.2. The van der Waals surface area contributed by atoms with E-state index in [0.29, 0.717) is 44.5 Å². The van der Waals surface area contributed by atoms with Gasteiger partial charge in [-0.2, -0.15) is 18.7 Å². The molecule has 4 aliphatic heterocycles. The summed E-state index contributed by atoms with van der Waals surface area (Å²) in [6.07, 6.45) is 0. The molecule has 0 unspecified atom stereocenters. The summed E-state index contributed by atoms with van der Waals surface area (Å²) in [6.45, 7) is 7.96. The van der Waals surface area contributed by atoms with Gasteiger partial charge in [0.1, 0.15) is 46.0 Å². The van der Waals surface area contributed by atoms with Gasteiger partial charge in [0.2, 0.25) is 0 Å². The molecule has 4 aromatic carbocycles. The van der Waals surface area contributed by atoms with Gasteiger partial charge in [-0.3, -0.25) is 0 Å². The minimum atomic E-state index is -4.18. The van der Waals surface area contributed by atoms with Crippen molar-refractivity contribution in [1.29, 1.82) is 0 Å². The van der Waals surface area contributed by atoms with Gasteiger partial charge in [-0.05, 0) is 80.6 Å². The van der Waals surface area contributed by atoms with Crippen molar-refractivity contribution in [2.24, 2.45) is 0 Å². The summed E-state index contributed by atoms with van der Waals surface area (Å²) < 4.78 is 116. The molecule has 4 aromatic rings. The molecule has 0 N–H and O–H groups in total. The number of hydrogen-bond acceptors (Lipinski definition) is 12. The van der Waals surface area contributed by atoms with Crippen molar-refractivity contribution < 1.29 is 54.5 Å². The van der Waals surface area contributed by atoms with Crippen LogP contribution in [0.25, 0.3) is 0 Å². The van der Waals surface area contributed by atoms with E-state index in [-0.39, 0.29) is 46.0 Å². The van der Waals surface area contributed by atoms with Gasteiger partial charge in [-0.25, -0.2) is 18.3 Å². The first-order valence-electron chi connectivity index (χ1n) is 19.4. The highest BCUT2D eigenvalue weighted by Crippen LogP contribution is 2.65. The van der Waals surface area contributed by atoms with Gasteiger partial charge in [0, 0.05) is 92.4 Å². The average molecular weight is 901 g/mol. The molecule has 0 saturated heterocycles. The van der Waals surface area contributed by atoms with Crippen molar-refractivity contribution in [3.05, 3.63) is 93.0 Å². The Morgan fingerprint density at radius 3 is 0.550 bits per heavy atom. The molecule has 9 rings (SSSR count). The Morgan fingerprint density at radius 1 is 0.300 bits per heavy atom. The Kier molecular flexibility index (Phi) is 9.50. The molecule has 5 aliphatic rings. The van der Waals surface area contributed by atoms with E-state index in [0.717, 1.165) is 0 Å². The Hall–Kier alpha value is -3.96. The molecular weight excluding hydrogens is 852 g/mol. The fourth-order valence-electron chi connectivity index (χ4n) is 8.11. The average Bonchev–Trinajstić information content (AvgIpc) is 3.15. The fourth-order valence-corrected chi connectivity index (χ4v) is 12.8. The SMILES string of the molecule is CC1c2cc3c4cc2OP(=O)(N(C)C)Oc2cc5c(cc21)C(C)c1cc2c(cc1OP(=O)(N(C)C)O5)OP(=O)(N(C)C)Oc1cc(c(cc1C2C)C3C)OP(=O)(N(C)C)O4. The summed E-state index contributed by atoms with van der Waals surface area (Å²) in [6, 6.07) is 14.2. The summed E-state index contributed by atoms with van der Waals surface area (Å²) in [7, 11) is -4.09. The van der Waals surface area contributed by atoms with E-state index in [2.05, 4.69) is 0 Å². The van der Waals surface area contributed by atoms with Crippen LogP contribution in [-0.2, 0) is 18.3 Å². The maximum absolute atomic E-state index is 14.9. The third-order valence-electron chi connectivity index (χ3n) is 12.0. The van der Waals surface area contributed by atoms with Gasteiger partial charge in [0.05, 0.1) is 0 Å². The normalized spacial score (nSPS) is 30.5. The molecule has 0 amide bonds. The standard InChI is InChI=1S/C40H48N4O12P4/c1-21-25-13-27-22(2)29-15-31-24(4)32-16-30-23(3)28-14-26(21)34-18-36(28)52-59(47,43(9)10)54-38(30)20-40(32)56-60(48,44(11)12)55-39(31)19-37(29)53-58(46,42(7)8)51-35(27)17-33(25)49-57(45,50-34)41(5)6/h13-24H,1-12H3. The molecule has 20 heteroatoms. The summed E-state index contributed by atoms with van der Waals surface area (Å²) >= 11 is 0. The quantitative estimate of drug-likeness (QED) is 0.178. The van der Waals surface area contributed by atoms with Gasteiger partial charge in [-0.15, -0.1) is 0 Å². The van der Waals surface area contributed by atoms with Crippen molar-refractivity contribution in [2.75, 3.05) is 56.4 Å². The molecule has 0 saturated carbocycles. The van der Waals surface area contributed by atoms with Gasteiger partial charge in [0.25, 0.3) is 0 Å². The lowest BCUT2D eigenvalue weighted by atomic mass is 9.81. The largest absolute Gasteiger partial charge is 0.515 e. The van der Waals surface area contributed by atoms with Crippen LogP contribution < -0.4 is 36.2 Å². The van der Waals surface area contributed by atoms with Crippen LogP contribution in [0.2, 0.25) is 0 Å². The Balaban J connectivity index is 1.46. The second kappa shape index (κ2) is 13.8. The van der Waals surface area contributed by atoms with Crippen LogP contribution in [0, 0.1) is 0 Å². The summed E-state index contributed by atoms with van der Waals surface area (Å²) in [4.78, 5) is 0. The molecule has 320 valence electrons. The van der Waals surface area contributed by atoms with Gasteiger partial charge >= 0.3 is 31.0 Å². The molecule has 0 radical (unpaired) electrons. The second-order valence-electron chi connectivity index (χ2n) is 16.6. The molecule has 0 fully saturated rings. The molecule has 0 spiro atoms. The van der Waals surface area contributed by atoms with E-state index >= 15 is 0 Å². The first-order chi connectivity index (χ1) is 28.0. The molecule has 0 atom stereocenters. The van der Waals surface area contributed by atoms with Crippen molar-refractivity contribution in [3.63, 3.8) is 0 Å². The van der Waals surface area contributed by atoms with Gasteiger partial charge in [-0.1, -0.05) is 27.7 Å². The lowest BCUT2D eigenvalue weighted by Crippen LogP contribution is -2.24. The van der Waals surface area contributed by atoms with Crippen LogP contribution >= 0.6 is 31.0 Å². The van der Waals surface area contributed by atoms with Crippen molar-refractivity contribution in [1.82, 2.24) is 18.7 Å². The minimum Gasteiger partial charge on any atom is -0.404 e. The zero-order chi connectivity index (χ0) is 43.2. The fraction of sp³-hybridized carbons (Fsp3) is 0.400. The maximum Gasteiger partial charge on any atom is 0.515 e. The Labute approximate surface area is 349 Å². The lowest BCUT2D eigenvalue weighted by molar-refractivity contribution is 0.308. The van der Waals surface area contributed by atoms with Gasteiger partial charge in [0.15, 0.2) is 0 Å². The zero-order valence-corrected chi connectivity index (χ0v) is 39.0. The first kappa shape index (κ1) is 41.4. The number of rotatable bonds is 4. The number of nitrogens with zero attached hydrogens (tertiary/aromatic N) is 4. The second-order valence-corrected chi connectivity index (χ2v) is 25.0. The summed E-state index contributed by atoms with van der Waals surface area (Å²) in [5.41, 5.74) is 5.27. The molecule has 60 heavy (non-hydrogen) atoms. The van der Waals surface area contributed by atoms with E-state index in [4.69, 9.17) is 36.2 Å². The van der Waals surface area contributed by atoms with Crippen LogP contribution in [0.5, 0.6) is 46.0 Å². The van der Waals surface area contributed by atoms with Crippen molar-refractivity contribution in [2.45, 2.75) is 51.4 Å². The maximum atomic E-state index is 14.9. The molecule has 0 aromatic heterocycles. The summed E-state index contributed by atoms with van der Waals surface area (Å²) in [5, 5.41) is 0. The lowest BCUT2D eigenvalue weighted by Gasteiger charge is -2.37. The zero-order valence-electron chi connectivity index (χ0n) is 35.4. The van der Waals surface area contributed by atoms with Crippen LogP contribution in [0.15, 0.2) is 48.5 Å².